The Kier molecular flexibility index (Phi) is 7.20. The fraction of sp³-hybridized carbons (Fsp3) is 0.476. The molecule has 1 aromatic carbocycles. The topological polar surface area (TPSA) is 96.5 Å². The normalized spacial score (nSPS) is 14.2. The van der Waals surface area contributed by atoms with Gasteiger partial charge in [0.15, 0.2) is 0 Å². The number of anilines is 1. The first-order chi connectivity index (χ1) is 13.1. The highest BCUT2D eigenvalue weighted by Gasteiger charge is 2.23. The van der Waals surface area contributed by atoms with E-state index < -0.39 is 11.7 Å². The summed E-state index contributed by atoms with van der Waals surface area (Å²) in [7, 11) is 0. The molecule has 1 fully saturated rings. The molecule has 0 unspecified atom stereocenters. The molecule has 0 bridgehead atoms. The van der Waals surface area contributed by atoms with Crippen LogP contribution < -0.4 is 16.0 Å². The lowest BCUT2D eigenvalue weighted by atomic mass is 10.1. The summed E-state index contributed by atoms with van der Waals surface area (Å²) < 4.78 is 5.07. The molecule has 0 radical (unpaired) electrons. The zero-order chi connectivity index (χ0) is 20.7. The molecule has 7 heteroatoms. The maximum absolute atomic E-state index is 12.0. The molecule has 1 aliphatic rings. The van der Waals surface area contributed by atoms with Crippen molar-refractivity contribution < 1.29 is 19.1 Å². The molecule has 0 aromatic heterocycles. The Bertz CT molecular complexity index is 744. The van der Waals surface area contributed by atoms with E-state index in [1.54, 1.807) is 39.0 Å². The van der Waals surface area contributed by atoms with Crippen LogP contribution in [0.25, 0.3) is 0 Å². The van der Waals surface area contributed by atoms with Gasteiger partial charge in [-0.15, -0.1) is 0 Å². The Morgan fingerprint density at radius 1 is 1.11 bits per heavy atom. The summed E-state index contributed by atoms with van der Waals surface area (Å²) in [4.78, 5) is 35.3. The van der Waals surface area contributed by atoms with Crippen molar-refractivity contribution in [3.63, 3.8) is 0 Å². The number of benzene rings is 1. The quantitative estimate of drug-likeness (QED) is 0.626. The van der Waals surface area contributed by atoms with Crippen LogP contribution in [-0.4, -0.2) is 30.1 Å². The van der Waals surface area contributed by atoms with Crippen molar-refractivity contribution in [1.82, 2.24) is 10.6 Å². The van der Waals surface area contributed by atoms with E-state index in [-0.39, 0.29) is 18.4 Å². The zero-order valence-electron chi connectivity index (χ0n) is 16.9. The number of amides is 3. The predicted molar refractivity (Wildman–Crippen MR) is 108 cm³/mol. The first-order valence-electron chi connectivity index (χ1n) is 9.44. The molecule has 1 saturated carbocycles. The van der Waals surface area contributed by atoms with E-state index in [1.807, 2.05) is 19.1 Å². The van der Waals surface area contributed by atoms with E-state index in [1.165, 1.54) is 12.8 Å². The largest absolute Gasteiger partial charge is 0.444 e. The molecule has 152 valence electrons. The van der Waals surface area contributed by atoms with Crippen molar-refractivity contribution >= 4 is 23.6 Å². The molecule has 2 rings (SSSR count). The number of carbonyl (C=O) groups is 3. The maximum Gasteiger partial charge on any atom is 0.408 e. The van der Waals surface area contributed by atoms with Crippen molar-refractivity contribution in [2.75, 3.05) is 11.9 Å². The minimum Gasteiger partial charge on any atom is -0.444 e. The van der Waals surface area contributed by atoms with Gasteiger partial charge in [0.1, 0.15) is 12.1 Å². The lowest BCUT2D eigenvalue weighted by Crippen LogP contribution is -2.39. The average molecular weight is 387 g/mol. The standard InChI is InChI=1S/C21H29N3O4/c1-14(16-7-8-16)11-18(25)24-17-9-5-15(6-10-17)12-22-19(26)13-23-20(27)28-21(2,3)4/h5-6,9-11,16H,7-8,12-13H2,1-4H3,(H,22,26)(H,23,27)(H,24,25)/b14-11+. The van der Waals surface area contributed by atoms with Gasteiger partial charge in [0.2, 0.25) is 11.8 Å². The van der Waals surface area contributed by atoms with Crippen molar-refractivity contribution in [2.45, 2.75) is 52.7 Å². The Balaban J connectivity index is 1.71. The number of carbonyl (C=O) groups excluding carboxylic acids is 3. The molecule has 0 spiro atoms. The highest BCUT2D eigenvalue weighted by Crippen LogP contribution is 2.35. The van der Waals surface area contributed by atoms with Crippen LogP contribution in [0.1, 0.15) is 46.1 Å². The van der Waals surface area contributed by atoms with Gasteiger partial charge >= 0.3 is 6.09 Å². The van der Waals surface area contributed by atoms with Gasteiger partial charge in [0, 0.05) is 18.3 Å². The monoisotopic (exact) mass is 387 g/mol. The number of nitrogens with one attached hydrogen (secondary N) is 3. The zero-order valence-corrected chi connectivity index (χ0v) is 16.9. The van der Waals surface area contributed by atoms with Crippen LogP contribution in [0.2, 0.25) is 0 Å². The van der Waals surface area contributed by atoms with E-state index in [0.29, 0.717) is 18.2 Å². The maximum atomic E-state index is 12.0. The Hall–Kier alpha value is -2.83. The molecule has 28 heavy (non-hydrogen) atoms. The molecule has 3 N–H and O–H groups in total. The average Bonchev–Trinajstić information content (AvgIpc) is 3.43. The number of allylic oxidation sites excluding steroid dienone is 1. The first-order valence-corrected chi connectivity index (χ1v) is 9.44. The summed E-state index contributed by atoms with van der Waals surface area (Å²) in [6.07, 6.45) is 3.37. The van der Waals surface area contributed by atoms with Crippen LogP contribution in [0.3, 0.4) is 0 Å². The van der Waals surface area contributed by atoms with E-state index in [9.17, 15) is 14.4 Å². The third-order valence-electron chi connectivity index (χ3n) is 4.08. The van der Waals surface area contributed by atoms with Crippen LogP contribution in [0.5, 0.6) is 0 Å². The van der Waals surface area contributed by atoms with Crippen molar-refractivity contribution in [3.8, 4) is 0 Å². The molecule has 1 aliphatic carbocycles. The molecule has 0 heterocycles. The molecular weight excluding hydrogens is 358 g/mol. The lowest BCUT2D eigenvalue weighted by Gasteiger charge is -2.19. The Labute approximate surface area is 165 Å². The fourth-order valence-corrected chi connectivity index (χ4v) is 2.48. The number of rotatable bonds is 7. The van der Waals surface area contributed by atoms with Gasteiger partial charge in [-0.2, -0.15) is 0 Å². The van der Waals surface area contributed by atoms with Crippen LogP contribution in [-0.2, 0) is 20.9 Å². The lowest BCUT2D eigenvalue weighted by molar-refractivity contribution is -0.120. The molecule has 3 amide bonds. The summed E-state index contributed by atoms with van der Waals surface area (Å²) in [6.45, 7) is 7.41. The smallest absolute Gasteiger partial charge is 0.408 e. The van der Waals surface area contributed by atoms with E-state index in [0.717, 1.165) is 11.1 Å². The number of alkyl carbamates (subject to hydrolysis) is 1. The third kappa shape index (κ3) is 8.24. The number of ether oxygens (including phenoxy) is 1. The van der Waals surface area contributed by atoms with Gasteiger partial charge in [0.25, 0.3) is 0 Å². The molecule has 7 nitrogen and oxygen atoms in total. The van der Waals surface area contributed by atoms with Crippen LogP contribution in [0.15, 0.2) is 35.9 Å². The SMILES string of the molecule is C/C(=C\C(=O)Nc1ccc(CNC(=O)CNC(=O)OC(C)(C)C)cc1)C1CC1. The summed E-state index contributed by atoms with van der Waals surface area (Å²) in [5.74, 6) is 0.129. The van der Waals surface area contributed by atoms with E-state index in [2.05, 4.69) is 16.0 Å². The van der Waals surface area contributed by atoms with Crippen molar-refractivity contribution in [1.29, 1.82) is 0 Å². The van der Waals surface area contributed by atoms with Crippen LogP contribution >= 0.6 is 0 Å². The number of hydrogen-bond donors (Lipinski definition) is 3. The van der Waals surface area contributed by atoms with Crippen molar-refractivity contribution in [3.05, 3.63) is 41.5 Å². The minimum absolute atomic E-state index is 0.126. The van der Waals surface area contributed by atoms with Crippen molar-refractivity contribution in [2.24, 2.45) is 5.92 Å². The second kappa shape index (κ2) is 9.39. The molecule has 1 aromatic rings. The summed E-state index contributed by atoms with van der Waals surface area (Å²) >= 11 is 0. The van der Waals surface area contributed by atoms with Crippen LogP contribution in [0.4, 0.5) is 10.5 Å². The highest BCUT2D eigenvalue weighted by atomic mass is 16.6. The molecular formula is C21H29N3O4. The summed E-state index contributed by atoms with van der Waals surface area (Å²) in [5.41, 5.74) is 2.10. The van der Waals surface area contributed by atoms with Gasteiger partial charge in [-0.25, -0.2) is 4.79 Å². The van der Waals surface area contributed by atoms with E-state index >= 15 is 0 Å². The summed E-state index contributed by atoms with van der Waals surface area (Å²) in [6, 6.07) is 7.24. The van der Waals surface area contributed by atoms with Gasteiger partial charge in [-0.05, 0) is 64.2 Å². The second-order valence-corrected chi connectivity index (χ2v) is 7.98. The Morgan fingerprint density at radius 2 is 1.75 bits per heavy atom. The second-order valence-electron chi connectivity index (χ2n) is 7.98. The van der Waals surface area contributed by atoms with Crippen LogP contribution in [0, 0.1) is 5.92 Å². The Morgan fingerprint density at radius 3 is 2.32 bits per heavy atom. The fourth-order valence-electron chi connectivity index (χ4n) is 2.48. The molecule has 0 atom stereocenters. The predicted octanol–water partition coefficient (Wildman–Crippen LogP) is 3.12. The highest BCUT2D eigenvalue weighted by molar-refractivity contribution is 5.99. The van der Waals surface area contributed by atoms with Gasteiger partial charge in [-0.1, -0.05) is 17.7 Å². The van der Waals surface area contributed by atoms with E-state index in [4.69, 9.17) is 4.74 Å². The van der Waals surface area contributed by atoms with Gasteiger partial charge in [0.05, 0.1) is 0 Å². The van der Waals surface area contributed by atoms with Gasteiger partial charge in [-0.3, -0.25) is 9.59 Å². The summed E-state index contributed by atoms with van der Waals surface area (Å²) in [5, 5.41) is 7.96. The molecule has 0 aliphatic heterocycles. The number of hydrogen-bond acceptors (Lipinski definition) is 4. The molecule has 0 saturated heterocycles. The third-order valence-corrected chi connectivity index (χ3v) is 4.08. The first kappa shape index (κ1) is 21.5. The minimum atomic E-state index is -0.631. The van der Waals surface area contributed by atoms with Gasteiger partial charge < -0.3 is 20.7 Å².